The standard InChI is InChI=1S/C11H9NO3/c13-6-12-10-8-2-4-14-9(8)5-7-1-3-15-11(7)10/h5H,1-4H2. The number of nitrogens with zero attached hydrogens (tertiary/aromatic N) is 1. The fourth-order valence-corrected chi connectivity index (χ4v) is 2.12. The van der Waals surface area contributed by atoms with E-state index >= 15 is 0 Å². The normalized spacial score (nSPS) is 16.0. The Morgan fingerprint density at radius 3 is 3.00 bits per heavy atom. The van der Waals surface area contributed by atoms with Crippen molar-refractivity contribution >= 4 is 11.8 Å². The molecule has 4 heteroatoms. The molecule has 1 aromatic rings. The molecule has 0 fully saturated rings. The summed E-state index contributed by atoms with van der Waals surface area (Å²) in [6, 6.07) is 1.99. The first-order chi connectivity index (χ1) is 7.40. The number of aliphatic imine (C=N–C) groups is 1. The number of fused-ring (bicyclic) bond motifs is 2. The molecule has 2 aliphatic heterocycles. The van der Waals surface area contributed by atoms with Crippen LogP contribution in [-0.2, 0) is 17.6 Å². The summed E-state index contributed by atoms with van der Waals surface area (Å²) in [6.45, 7) is 1.30. The van der Waals surface area contributed by atoms with Crippen LogP contribution in [0.3, 0.4) is 0 Å². The molecule has 15 heavy (non-hydrogen) atoms. The van der Waals surface area contributed by atoms with E-state index in [1.807, 2.05) is 6.07 Å². The lowest BCUT2D eigenvalue weighted by Crippen LogP contribution is -1.88. The molecular formula is C11H9NO3. The number of benzene rings is 1. The zero-order valence-corrected chi connectivity index (χ0v) is 8.08. The van der Waals surface area contributed by atoms with Gasteiger partial charge in [-0.3, -0.25) is 0 Å². The minimum Gasteiger partial charge on any atom is -0.493 e. The van der Waals surface area contributed by atoms with Crippen LogP contribution in [0, 0.1) is 0 Å². The van der Waals surface area contributed by atoms with Gasteiger partial charge in [0.25, 0.3) is 0 Å². The van der Waals surface area contributed by atoms with E-state index in [0.29, 0.717) is 18.9 Å². The van der Waals surface area contributed by atoms with E-state index in [0.717, 1.165) is 35.5 Å². The van der Waals surface area contributed by atoms with E-state index in [-0.39, 0.29) is 0 Å². The molecule has 0 amide bonds. The first-order valence-electron chi connectivity index (χ1n) is 4.92. The lowest BCUT2D eigenvalue weighted by Gasteiger charge is -2.06. The molecule has 0 saturated heterocycles. The average molecular weight is 203 g/mol. The summed E-state index contributed by atoms with van der Waals surface area (Å²) >= 11 is 0. The summed E-state index contributed by atoms with van der Waals surface area (Å²) in [7, 11) is 0. The Balaban J connectivity index is 2.29. The lowest BCUT2D eigenvalue weighted by atomic mass is 10.0. The number of isocyanates is 1. The molecule has 0 N–H and O–H groups in total. The van der Waals surface area contributed by atoms with Crippen molar-refractivity contribution in [2.24, 2.45) is 4.99 Å². The Bertz CT molecular complexity index is 443. The zero-order chi connectivity index (χ0) is 10.3. The highest BCUT2D eigenvalue weighted by molar-refractivity contribution is 5.71. The molecule has 0 spiro atoms. The average Bonchev–Trinajstić information content (AvgIpc) is 2.84. The molecule has 0 bridgehead atoms. The molecule has 0 unspecified atom stereocenters. The summed E-state index contributed by atoms with van der Waals surface area (Å²) in [5, 5.41) is 0. The Morgan fingerprint density at radius 1 is 1.27 bits per heavy atom. The molecule has 4 nitrogen and oxygen atoms in total. The molecule has 0 aliphatic carbocycles. The molecule has 1 aromatic carbocycles. The highest BCUT2D eigenvalue weighted by atomic mass is 16.5. The largest absolute Gasteiger partial charge is 0.493 e. The van der Waals surface area contributed by atoms with Gasteiger partial charge in [-0.05, 0) is 6.07 Å². The van der Waals surface area contributed by atoms with Crippen LogP contribution in [0.4, 0.5) is 5.69 Å². The van der Waals surface area contributed by atoms with Crippen molar-refractivity contribution in [1.82, 2.24) is 0 Å². The molecule has 0 saturated carbocycles. The van der Waals surface area contributed by atoms with Crippen LogP contribution in [0.25, 0.3) is 0 Å². The number of ether oxygens (including phenoxy) is 2. The van der Waals surface area contributed by atoms with Gasteiger partial charge in [-0.15, -0.1) is 0 Å². The Hall–Kier alpha value is -1.80. The molecule has 0 atom stereocenters. The van der Waals surface area contributed by atoms with Crippen LogP contribution in [-0.4, -0.2) is 19.3 Å². The van der Waals surface area contributed by atoms with Crippen LogP contribution in [0.5, 0.6) is 11.5 Å². The van der Waals surface area contributed by atoms with Crippen LogP contribution in [0.15, 0.2) is 11.1 Å². The fourth-order valence-electron chi connectivity index (χ4n) is 2.12. The minimum atomic E-state index is 0.618. The maximum absolute atomic E-state index is 10.4. The highest BCUT2D eigenvalue weighted by Gasteiger charge is 2.26. The summed E-state index contributed by atoms with van der Waals surface area (Å²) < 4.78 is 10.9. The van der Waals surface area contributed by atoms with Crippen molar-refractivity contribution in [3.63, 3.8) is 0 Å². The van der Waals surface area contributed by atoms with E-state index in [4.69, 9.17) is 9.47 Å². The van der Waals surface area contributed by atoms with Crippen molar-refractivity contribution in [2.75, 3.05) is 13.2 Å². The lowest BCUT2D eigenvalue weighted by molar-refractivity contribution is 0.356. The molecular weight excluding hydrogens is 194 g/mol. The topological polar surface area (TPSA) is 47.9 Å². The monoisotopic (exact) mass is 203 g/mol. The van der Waals surface area contributed by atoms with Gasteiger partial charge in [-0.1, -0.05) is 0 Å². The predicted molar refractivity (Wildman–Crippen MR) is 52.6 cm³/mol. The second-order valence-electron chi connectivity index (χ2n) is 3.59. The highest BCUT2D eigenvalue weighted by Crippen LogP contribution is 2.45. The van der Waals surface area contributed by atoms with E-state index in [2.05, 4.69) is 4.99 Å². The van der Waals surface area contributed by atoms with Crippen molar-refractivity contribution in [3.05, 3.63) is 17.2 Å². The first-order valence-corrected chi connectivity index (χ1v) is 4.92. The summed E-state index contributed by atoms with van der Waals surface area (Å²) in [5.74, 6) is 1.58. The summed E-state index contributed by atoms with van der Waals surface area (Å²) in [5.41, 5.74) is 2.66. The van der Waals surface area contributed by atoms with Gasteiger partial charge in [0.15, 0.2) is 0 Å². The quantitative estimate of drug-likeness (QED) is 0.513. The van der Waals surface area contributed by atoms with Crippen LogP contribution in [0.1, 0.15) is 11.1 Å². The third-order valence-corrected chi connectivity index (χ3v) is 2.78. The predicted octanol–water partition coefficient (Wildman–Crippen LogP) is 1.52. The third kappa shape index (κ3) is 1.15. The van der Waals surface area contributed by atoms with E-state index < -0.39 is 0 Å². The van der Waals surface area contributed by atoms with Gasteiger partial charge in [-0.2, -0.15) is 4.99 Å². The van der Waals surface area contributed by atoms with Gasteiger partial charge < -0.3 is 9.47 Å². The summed E-state index contributed by atoms with van der Waals surface area (Å²) in [4.78, 5) is 14.1. The van der Waals surface area contributed by atoms with Gasteiger partial charge in [0.1, 0.15) is 17.2 Å². The van der Waals surface area contributed by atoms with Crippen LogP contribution < -0.4 is 9.47 Å². The third-order valence-electron chi connectivity index (χ3n) is 2.78. The van der Waals surface area contributed by atoms with Gasteiger partial charge in [-0.25, -0.2) is 4.79 Å². The van der Waals surface area contributed by atoms with Crippen LogP contribution in [0.2, 0.25) is 0 Å². The van der Waals surface area contributed by atoms with E-state index in [9.17, 15) is 4.79 Å². The van der Waals surface area contributed by atoms with Gasteiger partial charge >= 0.3 is 0 Å². The van der Waals surface area contributed by atoms with Crippen molar-refractivity contribution < 1.29 is 14.3 Å². The smallest absolute Gasteiger partial charge is 0.240 e. The summed E-state index contributed by atoms with van der Waals surface area (Å²) in [6.07, 6.45) is 3.22. The maximum Gasteiger partial charge on any atom is 0.240 e. The Labute approximate surface area is 86.5 Å². The molecule has 3 rings (SSSR count). The maximum atomic E-state index is 10.4. The SMILES string of the molecule is O=C=Nc1c2c(cc3c1OCC3)OCC2. The molecule has 2 heterocycles. The number of hydrogen-bond acceptors (Lipinski definition) is 4. The first kappa shape index (κ1) is 8.50. The molecule has 76 valence electrons. The van der Waals surface area contributed by atoms with Crippen molar-refractivity contribution in [1.29, 1.82) is 0 Å². The van der Waals surface area contributed by atoms with Crippen LogP contribution >= 0.6 is 0 Å². The second kappa shape index (κ2) is 3.11. The number of carbonyl (C=O) groups excluding carboxylic acids is 1. The minimum absolute atomic E-state index is 0.618. The van der Waals surface area contributed by atoms with Gasteiger partial charge in [0.05, 0.1) is 13.2 Å². The zero-order valence-electron chi connectivity index (χ0n) is 8.08. The number of hydrogen-bond donors (Lipinski definition) is 0. The second-order valence-corrected chi connectivity index (χ2v) is 3.59. The van der Waals surface area contributed by atoms with Crippen molar-refractivity contribution in [2.45, 2.75) is 12.8 Å². The molecule has 0 radical (unpaired) electrons. The van der Waals surface area contributed by atoms with Gasteiger partial charge in [0, 0.05) is 24.0 Å². The molecule has 2 aliphatic rings. The van der Waals surface area contributed by atoms with E-state index in [1.54, 1.807) is 6.08 Å². The van der Waals surface area contributed by atoms with Crippen molar-refractivity contribution in [3.8, 4) is 11.5 Å². The Kier molecular flexibility index (Phi) is 1.76. The fraction of sp³-hybridized carbons (Fsp3) is 0.364. The van der Waals surface area contributed by atoms with E-state index in [1.165, 1.54) is 0 Å². The molecule has 0 aromatic heterocycles. The number of rotatable bonds is 1. The Morgan fingerprint density at radius 2 is 2.13 bits per heavy atom. The van der Waals surface area contributed by atoms with Gasteiger partial charge in [0.2, 0.25) is 6.08 Å².